The SMILES string of the molecule is CC(N)CCNC(=O)c1cccc(S(C)(=O)=O)c1.Cl. The standard InChI is InChI=1S/C12H18N2O3S.ClH/c1-9(13)6-7-14-12(15)10-4-3-5-11(8-10)18(2,16)17;/h3-5,8-9H,6-7,13H2,1-2H3,(H,14,15);1H. The molecule has 1 unspecified atom stereocenters. The van der Waals surface area contributed by atoms with Crippen LogP contribution in [0.3, 0.4) is 0 Å². The van der Waals surface area contributed by atoms with E-state index in [1.165, 1.54) is 12.1 Å². The number of carbonyl (C=O) groups is 1. The quantitative estimate of drug-likeness (QED) is 0.848. The zero-order valence-electron chi connectivity index (χ0n) is 10.9. The number of hydrogen-bond donors (Lipinski definition) is 2. The van der Waals surface area contributed by atoms with Gasteiger partial charge >= 0.3 is 0 Å². The molecule has 1 aromatic rings. The molecule has 0 heterocycles. The molecule has 0 aliphatic carbocycles. The molecular formula is C12H19ClN2O3S. The lowest BCUT2D eigenvalue weighted by Crippen LogP contribution is -2.29. The first-order valence-electron chi connectivity index (χ1n) is 5.64. The summed E-state index contributed by atoms with van der Waals surface area (Å²) in [4.78, 5) is 11.9. The third kappa shape index (κ3) is 6.04. The van der Waals surface area contributed by atoms with Crippen LogP contribution in [-0.4, -0.2) is 33.2 Å². The fraction of sp³-hybridized carbons (Fsp3) is 0.417. The van der Waals surface area contributed by atoms with Crippen molar-refractivity contribution < 1.29 is 13.2 Å². The van der Waals surface area contributed by atoms with Gasteiger partial charge in [0.05, 0.1) is 4.90 Å². The molecule has 1 amide bonds. The van der Waals surface area contributed by atoms with E-state index in [0.29, 0.717) is 18.5 Å². The van der Waals surface area contributed by atoms with Gasteiger partial charge in [-0.2, -0.15) is 0 Å². The monoisotopic (exact) mass is 306 g/mol. The highest BCUT2D eigenvalue weighted by Gasteiger charge is 2.11. The molecule has 1 aromatic carbocycles. The Morgan fingerprint density at radius 1 is 1.42 bits per heavy atom. The lowest BCUT2D eigenvalue weighted by Gasteiger charge is -2.08. The molecule has 0 fully saturated rings. The van der Waals surface area contributed by atoms with E-state index in [2.05, 4.69) is 5.32 Å². The Bertz CT molecular complexity index is 530. The van der Waals surface area contributed by atoms with Crippen molar-refractivity contribution in [3.63, 3.8) is 0 Å². The highest BCUT2D eigenvalue weighted by Crippen LogP contribution is 2.11. The predicted molar refractivity (Wildman–Crippen MR) is 77.4 cm³/mol. The van der Waals surface area contributed by atoms with Crippen LogP contribution in [0.2, 0.25) is 0 Å². The van der Waals surface area contributed by atoms with Crippen LogP contribution < -0.4 is 11.1 Å². The number of nitrogens with one attached hydrogen (secondary N) is 1. The van der Waals surface area contributed by atoms with Gasteiger partial charge in [-0.1, -0.05) is 6.07 Å². The molecule has 0 spiro atoms. The third-order valence-electron chi connectivity index (χ3n) is 2.41. The summed E-state index contributed by atoms with van der Waals surface area (Å²) in [6.45, 7) is 2.33. The second kappa shape index (κ2) is 7.47. The number of halogens is 1. The molecule has 0 radical (unpaired) electrons. The van der Waals surface area contributed by atoms with Crippen LogP contribution >= 0.6 is 12.4 Å². The van der Waals surface area contributed by atoms with Gasteiger partial charge < -0.3 is 11.1 Å². The second-order valence-electron chi connectivity index (χ2n) is 4.32. The van der Waals surface area contributed by atoms with Gasteiger partial charge in [-0.05, 0) is 31.5 Å². The number of nitrogens with two attached hydrogens (primary N) is 1. The summed E-state index contributed by atoms with van der Waals surface area (Å²) in [7, 11) is -3.29. The van der Waals surface area contributed by atoms with Crippen molar-refractivity contribution in [3.8, 4) is 0 Å². The third-order valence-corrected chi connectivity index (χ3v) is 3.52. The van der Waals surface area contributed by atoms with Gasteiger partial charge in [0.2, 0.25) is 0 Å². The molecule has 0 saturated heterocycles. The first kappa shape index (κ1) is 17.9. The van der Waals surface area contributed by atoms with Gasteiger partial charge in [0.1, 0.15) is 0 Å². The molecule has 0 aliphatic rings. The number of hydrogen-bond acceptors (Lipinski definition) is 4. The molecule has 19 heavy (non-hydrogen) atoms. The Morgan fingerprint density at radius 3 is 2.58 bits per heavy atom. The topological polar surface area (TPSA) is 89.3 Å². The van der Waals surface area contributed by atoms with E-state index in [0.717, 1.165) is 6.26 Å². The maximum atomic E-state index is 11.8. The maximum Gasteiger partial charge on any atom is 0.251 e. The molecular weight excluding hydrogens is 288 g/mol. The molecule has 7 heteroatoms. The van der Waals surface area contributed by atoms with Gasteiger partial charge in [-0.3, -0.25) is 4.79 Å². The highest BCUT2D eigenvalue weighted by atomic mass is 35.5. The lowest BCUT2D eigenvalue weighted by molar-refractivity contribution is 0.0952. The zero-order valence-corrected chi connectivity index (χ0v) is 12.6. The van der Waals surface area contributed by atoms with Crippen molar-refractivity contribution in [2.24, 2.45) is 5.73 Å². The van der Waals surface area contributed by atoms with Crippen LogP contribution in [0.1, 0.15) is 23.7 Å². The molecule has 0 aromatic heterocycles. The van der Waals surface area contributed by atoms with Crippen LogP contribution in [-0.2, 0) is 9.84 Å². The number of carbonyl (C=O) groups excluding carboxylic acids is 1. The van der Waals surface area contributed by atoms with E-state index in [4.69, 9.17) is 5.73 Å². The summed E-state index contributed by atoms with van der Waals surface area (Å²) in [5.41, 5.74) is 5.90. The molecule has 108 valence electrons. The van der Waals surface area contributed by atoms with E-state index in [1.54, 1.807) is 12.1 Å². The minimum absolute atomic E-state index is 0. The summed E-state index contributed by atoms with van der Waals surface area (Å²) < 4.78 is 22.7. The molecule has 1 rings (SSSR count). The Labute approximate surface area is 119 Å². The van der Waals surface area contributed by atoms with E-state index >= 15 is 0 Å². The van der Waals surface area contributed by atoms with E-state index in [9.17, 15) is 13.2 Å². The highest BCUT2D eigenvalue weighted by molar-refractivity contribution is 7.90. The summed E-state index contributed by atoms with van der Waals surface area (Å²) in [5, 5.41) is 2.70. The Balaban J connectivity index is 0.00000324. The molecule has 0 saturated carbocycles. The number of sulfone groups is 1. The van der Waals surface area contributed by atoms with E-state index < -0.39 is 9.84 Å². The minimum atomic E-state index is -3.29. The van der Waals surface area contributed by atoms with E-state index in [1.807, 2.05) is 6.92 Å². The van der Waals surface area contributed by atoms with Crippen molar-refractivity contribution in [3.05, 3.63) is 29.8 Å². The maximum absolute atomic E-state index is 11.8. The van der Waals surface area contributed by atoms with Gasteiger partial charge in [0, 0.05) is 24.4 Å². The van der Waals surface area contributed by atoms with Crippen LogP contribution in [0.4, 0.5) is 0 Å². The van der Waals surface area contributed by atoms with Gasteiger partial charge in [0.15, 0.2) is 9.84 Å². The van der Waals surface area contributed by atoms with E-state index in [-0.39, 0.29) is 29.3 Å². The molecule has 0 aliphatic heterocycles. The largest absolute Gasteiger partial charge is 0.352 e. The van der Waals surface area contributed by atoms with Crippen molar-refractivity contribution in [2.75, 3.05) is 12.8 Å². The van der Waals surface area contributed by atoms with Gasteiger partial charge in [-0.15, -0.1) is 12.4 Å². The fourth-order valence-corrected chi connectivity index (χ4v) is 2.05. The fourth-order valence-electron chi connectivity index (χ4n) is 1.38. The first-order chi connectivity index (χ1) is 8.30. The van der Waals surface area contributed by atoms with Crippen molar-refractivity contribution >= 4 is 28.2 Å². The predicted octanol–water partition coefficient (Wildman–Crippen LogP) is 0.979. The number of amides is 1. The average Bonchev–Trinajstić information content (AvgIpc) is 2.27. The summed E-state index contributed by atoms with van der Waals surface area (Å²) in [6, 6.07) is 5.99. The molecule has 0 bridgehead atoms. The average molecular weight is 307 g/mol. The molecule has 1 atom stereocenters. The summed E-state index contributed by atoms with van der Waals surface area (Å²) in [6.07, 6.45) is 1.79. The van der Waals surface area contributed by atoms with Gasteiger partial charge in [-0.25, -0.2) is 8.42 Å². The normalized spacial score (nSPS) is 12.4. The number of benzene rings is 1. The smallest absolute Gasteiger partial charge is 0.251 e. The van der Waals surface area contributed by atoms with Crippen molar-refractivity contribution in [2.45, 2.75) is 24.3 Å². The van der Waals surface area contributed by atoms with Crippen molar-refractivity contribution in [1.29, 1.82) is 0 Å². The Morgan fingerprint density at radius 2 is 2.05 bits per heavy atom. The summed E-state index contributed by atoms with van der Waals surface area (Å²) >= 11 is 0. The van der Waals surface area contributed by atoms with Crippen molar-refractivity contribution in [1.82, 2.24) is 5.32 Å². The lowest BCUT2D eigenvalue weighted by atomic mass is 10.2. The van der Waals surface area contributed by atoms with Crippen LogP contribution in [0, 0.1) is 0 Å². The van der Waals surface area contributed by atoms with Crippen LogP contribution in [0.15, 0.2) is 29.2 Å². The van der Waals surface area contributed by atoms with Crippen LogP contribution in [0.25, 0.3) is 0 Å². The van der Waals surface area contributed by atoms with Crippen LogP contribution in [0.5, 0.6) is 0 Å². The van der Waals surface area contributed by atoms with Gasteiger partial charge in [0.25, 0.3) is 5.91 Å². The Hall–Kier alpha value is -1.11. The second-order valence-corrected chi connectivity index (χ2v) is 6.34. The minimum Gasteiger partial charge on any atom is -0.352 e. The number of rotatable bonds is 5. The molecule has 5 nitrogen and oxygen atoms in total. The zero-order chi connectivity index (χ0) is 13.8. The molecule has 3 N–H and O–H groups in total. The first-order valence-corrected chi connectivity index (χ1v) is 7.54. The Kier molecular flexibility index (Phi) is 7.04. The summed E-state index contributed by atoms with van der Waals surface area (Å²) in [5.74, 6) is -0.291.